The quantitative estimate of drug-likeness (QED) is 0.497. The Kier molecular flexibility index (Phi) is 6.10. The largest absolute Gasteiger partial charge is 0.352 e. The molecule has 6 nitrogen and oxygen atoms in total. The monoisotopic (exact) mass is 319 g/mol. The second-order valence-corrected chi connectivity index (χ2v) is 6.25. The van der Waals surface area contributed by atoms with Gasteiger partial charge in [-0.05, 0) is 51.8 Å². The van der Waals surface area contributed by atoms with Crippen LogP contribution in [0.4, 0.5) is 5.69 Å². The number of rotatable bonds is 6. The number of piperidine rings is 1. The third-order valence-corrected chi connectivity index (χ3v) is 4.50. The molecule has 1 aromatic carbocycles. The van der Waals surface area contributed by atoms with Gasteiger partial charge in [-0.15, -0.1) is 0 Å². The van der Waals surface area contributed by atoms with E-state index in [1.54, 1.807) is 13.0 Å². The third-order valence-electron chi connectivity index (χ3n) is 4.50. The summed E-state index contributed by atoms with van der Waals surface area (Å²) >= 11 is 0. The lowest BCUT2D eigenvalue weighted by molar-refractivity contribution is -0.385. The first kappa shape index (κ1) is 17.4. The SMILES string of the molecule is Cc1cc(C(=O)NCCCN2CCCCC2C)ccc1[N+](=O)[O-]. The van der Waals surface area contributed by atoms with Crippen molar-refractivity contribution in [1.29, 1.82) is 0 Å². The fourth-order valence-electron chi connectivity index (χ4n) is 3.08. The Morgan fingerprint density at radius 1 is 1.43 bits per heavy atom. The van der Waals surface area contributed by atoms with Gasteiger partial charge in [-0.25, -0.2) is 0 Å². The van der Waals surface area contributed by atoms with E-state index in [1.807, 2.05) is 0 Å². The standard InChI is InChI=1S/C17H25N3O3/c1-13-12-15(7-8-16(13)20(22)23)17(21)18-9-5-11-19-10-4-3-6-14(19)2/h7-8,12,14H,3-6,9-11H2,1-2H3,(H,18,21). The van der Waals surface area contributed by atoms with Gasteiger partial charge in [0.25, 0.3) is 11.6 Å². The molecule has 0 radical (unpaired) electrons. The molecule has 0 aromatic heterocycles. The number of hydrogen-bond acceptors (Lipinski definition) is 4. The molecular formula is C17H25N3O3. The van der Waals surface area contributed by atoms with Crippen molar-refractivity contribution >= 4 is 11.6 Å². The van der Waals surface area contributed by atoms with Gasteiger partial charge in [0, 0.05) is 36.3 Å². The summed E-state index contributed by atoms with van der Waals surface area (Å²) in [5.41, 5.74) is 1.02. The number of nitro benzene ring substituents is 1. The normalized spacial score (nSPS) is 18.6. The van der Waals surface area contributed by atoms with Crippen molar-refractivity contribution in [3.05, 3.63) is 39.4 Å². The van der Waals surface area contributed by atoms with Crippen LogP contribution in [0, 0.1) is 17.0 Å². The number of benzene rings is 1. The molecule has 1 aliphatic rings. The predicted molar refractivity (Wildman–Crippen MR) is 89.7 cm³/mol. The van der Waals surface area contributed by atoms with E-state index in [0.717, 1.165) is 19.5 Å². The molecule has 1 aliphatic heterocycles. The number of nitro groups is 1. The molecule has 1 N–H and O–H groups in total. The lowest BCUT2D eigenvalue weighted by Crippen LogP contribution is -2.39. The van der Waals surface area contributed by atoms with Crippen LogP contribution in [0.3, 0.4) is 0 Å². The summed E-state index contributed by atoms with van der Waals surface area (Å²) in [6.45, 7) is 6.68. The highest BCUT2D eigenvalue weighted by molar-refractivity contribution is 5.94. The topological polar surface area (TPSA) is 75.5 Å². The van der Waals surface area contributed by atoms with Gasteiger partial charge in [0.15, 0.2) is 0 Å². The first-order chi connectivity index (χ1) is 11.0. The van der Waals surface area contributed by atoms with Crippen LogP contribution in [0.1, 0.15) is 48.5 Å². The van der Waals surface area contributed by atoms with Gasteiger partial charge in [-0.3, -0.25) is 14.9 Å². The van der Waals surface area contributed by atoms with Gasteiger partial charge < -0.3 is 10.2 Å². The van der Waals surface area contributed by atoms with E-state index < -0.39 is 4.92 Å². The average molecular weight is 319 g/mol. The van der Waals surface area contributed by atoms with Crippen molar-refractivity contribution in [2.75, 3.05) is 19.6 Å². The maximum absolute atomic E-state index is 12.1. The Bertz CT molecular complexity index is 574. The van der Waals surface area contributed by atoms with Crippen molar-refractivity contribution in [3.63, 3.8) is 0 Å². The molecule has 0 aliphatic carbocycles. The number of likely N-dealkylation sites (tertiary alicyclic amines) is 1. The van der Waals surface area contributed by atoms with Crippen molar-refractivity contribution in [1.82, 2.24) is 10.2 Å². The Balaban J connectivity index is 1.78. The van der Waals surface area contributed by atoms with Crippen LogP contribution in [0.25, 0.3) is 0 Å². The van der Waals surface area contributed by atoms with E-state index in [2.05, 4.69) is 17.1 Å². The maximum atomic E-state index is 12.1. The van der Waals surface area contributed by atoms with E-state index in [9.17, 15) is 14.9 Å². The van der Waals surface area contributed by atoms with E-state index in [-0.39, 0.29) is 11.6 Å². The molecule has 1 saturated heterocycles. The van der Waals surface area contributed by atoms with Crippen molar-refractivity contribution in [2.45, 2.75) is 45.6 Å². The molecule has 1 unspecified atom stereocenters. The minimum Gasteiger partial charge on any atom is -0.352 e. The van der Waals surface area contributed by atoms with Crippen molar-refractivity contribution in [2.24, 2.45) is 0 Å². The summed E-state index contributed by atoms with van der Waals surface area (Å²) in [6.07, 6.45) is 4.75. The van der Waals surface area contributed by atoms with Crippen molar-refractivity contribution in [3.8, 4) is 0 Å². The van der Waals surface area contributed by atoms with Gasteiger partial charge in [-0.1, -0.05) is 6.42 Å². The number of carbonyl (C=O) groups is 1. The highest BCUT2D eigenvalue weighted by Gasteiger charge is 2.17. The van der Waals surface area contributed by atoms with Crippen LogP contribution in [-0.4, -0.2) is 41.4 Å². The van der Waals surface area contributed by atoms with Crippen molar-refractivity contribution < 1.29 is 9.72 Å². The first-order valence-corrected chi connectivity index (χ1v) is 8.26. The third kappa shape index (κ3) is 4.76. The number of aryl methyl sites for hydroxylation is 1. The Labute approximate surface area is 137 Å². The molecule has 1 fully saturated rings. The summed E-state index contributed by atoms with van der Waals surface area (Å²) in [7, 11) is 0. The summed E-state index contributed by atoms with van der Waals surface area (Å²) < 4.78 is 0. The molecule has 1 aromatic rings. The molecule has 6 heteroatoms. The number of amides is 1. The van der Waals surface area contributed by atoms with Crippen LogP contribution in [-0.2, 0) is 0 Å². The molecule has 0 saturated carbocycles. The average Bonchev–Trinajstić information content (AvgIpc) is 2.52. The Morgan fingerprint density at radius 3 is 2.87 bits per heavy atom. The second-order valence-electron chi connectivity index (χ2n) is 6.25. The minimum absolute atomic E-state index is 0.0423. The van der Waals surface area contributed by atoms with Crippen LogP contribution >= 0.6 is 0 Å². The van der Waals surface area contributed by atoms with E-state index in [1.165, 1.54) is 31.4 Å². The molecule has 126 valence electrons. The molecule has 2 rings (SSSR count). The smallest absolute Gasteiger partial charge is 0.272 e. The highest BCUT2D eigenvalue weighted by Crippen LogP contribution is 2.19. The Hall–Kier alpha value is -1.95. The van der Waals surface area contributed by atoms with E-state index >= 15 is 0 Å². The van der Waals surface area contributed by atoms with Crippen LogP contribution < -0.4 is 5.32 Å². The molecule has 0 spiro atoms. The van der Waals surface area contributed by atoms with Gasteiger partial charge in [0.1, 0.15) is 0 Å². The minimum atomic E-state index is -0.434. The highest BCUT2D eigenvalue weighted by atomic mass is 16.6. The van der Waals surface area contributed by atoms with Gasteiger partial charge in [0.05, 0.1) is 4.92 Å². The first-order valence-electron chi connectivity index (χ1n) is 8.26. The van der Waals surface area contributed by atoms with Gasteiger partial charge >= 0.3 is 0 Å². The number of nitrogens with one attached hydrogen (secondary N) is 1. The second kappa shape index (κ2) is 8.06. The zero-order valence-electron chi connectivity index (χ0n) is 13.9. The molecule has 1 atom stereocenters. The maximum Gasteiger partial charge on any atom is 0.272 e. The zero-order valence-corrected chi connectivity index (χ0v) is 13.9. The lowest BCUT2D eigenvalue weighted by Gasteiger charge is -2.33. The fraction of sp³-hybridized carbons (Fsp3) is 0.588. The van der Waals surface area contributed by atoms with Gasteiger partial charge in [0.2, 0.25) is 0 Å². The zero-order chi connectivity index (χ0) is 16.8. The van der Waals surface area contributed by atoms with E-state index in [4.69, 9.17) is 0 Å². The molecule has 1 heterocycles. The molecule has 0 bridgehead atoms. The molecule has 23 heavy (non-hydrogen) atoms. The fourth-order valence-corrected chi connectivity index (χ4v) is 3.08. The number of nitrogens with zero attached hydrogens (tertiary/aromatic N) is 2. The molecular weight excluding hydrogens is 294 g/mol. The predicted octanol–water partition coefficient (Wildman–Crippen LogP) is 2.90. The number of carbonyl (C=O) groups excluding carboxylic acids is 1. The van der Waals surface area contributed by atoms with Crippen LogP contribution in [0.2, 0.25) is 0 Å². The summed E-state index contributed by atoms with van der Waals surface area (Å²) in [5, 5.41) is 13.7. The Morgan fingerprint density at radius 2 is 2.22 bits per heavy atom. The van der Waals surface area contributed by atoms with Crippen LogP contribution in [0.5, 0.6) is 0 Å². The summed E-state index contributed by atoms with van der Waals surface area (Å²) in [6, 6.07) is 5.10. The van der Waals surface area contributed by atoms with Crippen LogP contribution in [0.15, 0.2) is 18.2 Å². The van der Waals surface area contributed by atoms with Gasteiger partial charge in [-0.2, -0.15) is 0 Å². The summed E-state index contributed by atoms with van der Waals surface area (Å²) in [5.74, 6) is -0.172. The summed E-state index contributed by atoms with van der Waals surface area (Å²) in [4.78, 5) is 24.9. The molecule has 1 amide bonds. The van der Waals surface area contributed by atoms with E-state index in [0.29, 0.717) is 23.7 Å². The number of hydrogen-bond donors (Lipinski definition) is 1. The lowest BCUT2D eigenvalue weighted by atomic mass is 10.0.